The van der Waals surface area contributed by atoms with Crippen LogP contribution in [0.25, 0.3) is 11.0 Å². The van der Waals surface area contributed by atoms with E-state index >= 15 is 0 Å². The minimum Gasteiger partial charge on any atom is -0.486 e. The minimum atomic E-state index is -0.195. The van der Waals surface area contributed by atoms with Crippen molar-refractivity contribution in [1.82, 2.24) is 5.32 Å². The van der Waals surface area contributed by atoms with Crippen molar-refractivity contribution in [1.29, 1.82) is 0 Å². The van der Waals surface area contributed by atoms with Crippen molar-refractivity contribution < 1.29 is 18.7 Å². The summed E-state index contributed by atoms with van der Waals surface area (Å²) in [5, 5.41) is 3.92. The van der Waals surface area contributed by atoms with E-state index in [0.29, 0.717) is 18.9 Å². The number of aryl methyl sites for hydroxylation is 2. The summed E-state index contributed by atoms with van der Waals surface area (Å²) in [6.07, 6.45) is 1.75. The van der Waals surface area contributed by atoms with Gasteiger partial charge in [0.2, 0.25) is 5.91 Å². The molecule has 2 aromatic carbocycles. The summed E-state index contributed by atoms with van der Waals surface area (Å²) in [5.74, 6) is 1.39. The van der Waals surface area contributed by atoms with Crippen LogP contribution in [0.5, 0.6) is 11.5 Å². The molecule has 0 bridgehead atoms. The third-order valence-electron chi connectivity index (χ3n) is 4.72. The van der Waals surface area contributed by atoms with Crippen molar-refractivity contribution in [2.45, 2.75) is 26.4 Å². The first-order valence-electron chi connectivity index (χ1n) is 8.72. The van der Waals surface area contributed by atoms with Gasteiger partial charge in [-0.25, -0.2) is 0 Å². The molecule has 5 heteroatoms. The number of para-hydroxylation sites is 2. The van der Waals surface area contributed by atoms with E-state index in [2.05, 4.69) is 18.3 Å². The number of ether oxygens (including phenoxy) is 2. The van der Waals surface area contributed by atoms with E-state index in [0.717, 1.165) is 22.3 Å². The number of benzene rings is 2. The van der Waals surface area contributed by atoms with Crippen molar-refractivity contribution >= 4 is 16.9 Å². The number of hydrogen-bond acceptors (Lipinski definition) is 4. The molecule has 4 rings (SSSR count). The number of furan rings is 1. The van der Waals surface area contributed by atoms with Crippen LogP contribution in [0.1, 0.15) is 16.7 Å². The number of carbonyl (C=O) groups excluding carboxylic acids is 1. The van der Waals surface area contributed by atoms with Gasteiger partial charge in [-0.2, -0.15) is 0 Å². The lowest BCUT2D eigenvalue weighted by atomic mass is 10.0. The largest absolute Gasteiger partial charge is 0.486 e. The maximum atomic E-state index is 12.3. The van der Waals surface area contributed by atoms with Gasteiger partial charge in [-0.3, -0.25) is 4.79 Å². The maximum absolute atomic E-state index is 12.3. The molecule has 1 aromatic heterocycles. The highest BCUT2D eigenvalue weighted by molar-refractivity contribution is 5.88. The minimum absolute atomic E-state index is 0.0617. The molecule has 134 valence electrons. The monoisotopic (exact) mass is 351 g/mol. The van der Waals surface area contributed by atoms with E-state index in [1.54, 1.807) is 6.26 Å². The lowest BCUT2D eigenvalue weighted by Crippen LogP contribution is -2.41. The molecule has 0 fully saturated rings. The van der Waals surface area contributed by atoms with Crippen LogP contribution >= 0.6 is 0 Å². The molecule has 0 spiro atoms. The summed E-state index contributed by atoms with van der Waals surface area (Å²) in [4.78, 5) is 12.3. The molecule has 2 heterocycles. The van der Waals surface area contributed by atoms with E-state index in [9.17, 15) is 4.79 Å². The number of carbonyl (C=O) groups is 1. The standard InChI is InChI=1S/C21H21NO4/c1-13-7-17-15(11-24-20(17)8-14(13)2)9-21(23)22-10-16-12-25-18-5-3-4-6-19(18)26-16/h3-8,11,16H,9-10,12H2,1-2H3,(H,22,23)/t16-/m0/s1. The summed E-state index contributed by atoms with van der Waals surface area (Å²) in [7, 11) is 0. The number of fused-ring (bicyclic) bond motifs is 2. The van der Waals surface area contributed by atoms with Crippen LogP contribution in [0.4, 0.5) is 0 Å². The van der Waals surface area contributed by atoms with E-state index in [-0.39, 0.29) is 18.4 Å². The van der Waals surface area contributed by atoms with Gasteiger partial charge in [0.15, 0.2) is 11.5 Å². The molecule has 0 unspecified atom stereocenters. The summed E-state index contributed by atoms with van der Waals surface area (Å²) in [6, 6.07) is 11.6. The van der Waals surface area contributed by atoms with Gasteiger partial charge in [0.25, 0.3) is 0 Å². The van der Waals surface area contributed by atoms with Gasteiger partial charge in [-0.15, -0.1) is 0 Å². The van der Waals surface area contributed by atoms with E-state index in [4.69, 9.17) is 13.9 Å². The van der Waals surface area contributed by atoms with E-state index in [1.807, 2.05) is 37.3 Å². The van der Waals surface area contributed by atoms with Gasteiger partial charge in [-0.05, 0) is 49.2 Å². The topological polar surface area (TPSA) is 60.7 Å². The second kappa shape index (κ2) is 6.75. The SMILES string of the molecule is Cc1cc2occ(CC(=O)NC[C@H]3COc4ccccc4O3)c2cc1C. The first kappa shape index (κ1) is 16.5. The van der Waals surface area contributed by atoms with Crippen LogP contribution < -0.4 is 14.8 Å². The molecule has 26 heavy (non-hydrogen) atoms. The van der Waals surface area contributed by atoms with Gasteiger partial charge < -0.3 is 19.2 Å². The molecule has 1 amide bonds. The zero-order valence-electron chi connectivity index (χ0n) is 14.9. The molecule has 0 saturated carbocycles. The van der Waals surface area contributed by atoms with Crippen LogP contribution in [0, 0.1) is 13.8 Å². The predicted octanol–water partition coefficient (Wildman–Crippen LogP) is 3.55. The normalized spacial score (nSPS) is 15.8. The lowest BCUT2D eigenvalue weighted by Gasteiger charge is -2.26. The van der Waals surface area contributed by atoms with Gasteiger partial charge in [0.1, 0.15) is 18.3 Å². The van der Waals surface area contributed by atoms with Crippen LogP contribution in [0.15, 0.2) is 47.1 Å². The summed E-state index contributed by atoms with van der Waals surface area (Å²) in [6.45, 7) is 4.93. The van der Waals surface area contributed by atoms with E-state index < -0.39 is 0 Å². The fraction of sp³-hybridized carbons (Fsp3) is 0.286. The Morgan fingerprint density at radius 2 is 1.92 bits per heavy atom. The zero-order valence-corrected chi connectivity index (χ0v) is 14.9. The second-order valence-electron chi connectivity index (χ2n) is 6.67. The smallest absolute Gasteiger partial charge is 0.224 e. The average Bonchev–Trinajstić information content (AvgIpc) is 3.02. The Kier molecular flexibility index (Phi) is 4.29. The van der Waals surface area contributed by atoms with Crippen molar-refractivity contribution in [3.05, 3.63) is 59.4 Å². The second-order valence-corrected chi connectivity index (χ2v) is 6.67. The molecule has 1 aliphatic heterocycles. The number of nitrogens with one attached hydrogen (secondary N) is 1. The molecule has 1 aliphatic rings. The Morgan fingerprint density at radius 1 is 1.15 bits per heavy atom. The van der Waals surface area contributed by atoms with Crippen molar-refractivity contribution in [2.75, 3.05) is 13.2 Å². The fourth-order valence-electron chi connectivity index (χ4n) is 3.10. The molecular formula is C21H21NO4. The van der Waals surface area contributed by atoms with Crippen LogP contribution in [0.2, 0.25) is 0 Å². The molecule has 3 aromatic rings. The molecule has 1 atom stereocenters. The summed E-state index contributed by atoms with van der Waals surface area (Å²) >= 11 is 0. The molecule has 5 nitrogen and oxygen atoms in total. The first-order chi connectivity index (χ1) is 12.6. The van der Waals surface area contributed by atoms with Crippen LogP contribution in [-0.2, 0) is 11.2 Å². The van der Waals surface area contributed by atoms with Gasteiger partial charge in [-0.1, -0.05) is 12.1 Å². The van der Waals surface area contributed by atoms with Crippen molar-refractivity contribution in [3.8, 4) is 11.5 Å². The van der Waals surface area contributed by atoms with Gasteiger partial charge in [0, 0.05) is 10.9 Å². The van der Waals surface area contributed by atoms with Crippen molar-refractivity contribution in [3.63, 3.8) is 0 Å². The Bertz CT molecular complexity index is 960. The summed E-state index contributed by atoms with van der Waals surface area (Å²) < 4.78 is 17.1. The highest BCUT2D eigenvalue weighted by Gasteiger charge is 2.21. The number of rotatable bonds is 4. The third kappa shape index (κ3) is 3.25. The Morgan fingerprint density at radius 3 is 2.77 bits per heavy atom. The van der Waals surface area contributed by atoms with Crippen LogP contribution in [-0.4, -0.2) is 25.2 Å². The van der Waals surface area contributed by atoms with Crippen LogP contribution in [0.3, 0.4) is 0 Å². The van der Waals surface area contributed by atoms with Gasteiger partial charge >= 0.3 is 0 Å². The third-order valence-corrected chi connectivity index (χ3v) is 4.72. The summed E-state index contributed by atoms with van der Waals surface area (Å²) in [5.41, 5.74) is 4.08. The Hall–Kier alpha value is -2.95. The Labute approximate surface area is 151 Å². The molecule has 0 aliphatic carbocycles. The predicted molar refractivity (Wildman–Crippen MR) is 98.8 cm³/mol. The number of hydrogen-bond donors (Lipinski definition) is 1. The van der Waals surface area contributed by atoms with E-state index in [1.165, 1.54) is 11.1 Å². The number of amides is 1. The quantitative estimate of drug-likeness (QED) is 0.781. The molecular weight excluding hydrogens is 330 g/mol. The fourth-order valence-corrected chi connectivity index (χ4v) is 3.10. The van der Waals surface area contributed by atoms with Gasteiger partial charge in [0.05, 0.1) is 19.2 Å². The molecule has 0 radical (unpaired) electrons. The average molecular weight is 351 g/mol. The Balaban J connectivity index is 1.37. The highest BCUT2D eigenvalue weighted by Crippen LogP contribution is 2.30. The molecule has 1 N–H and O–H groups in total. The first-order valence-corrected chi connectivity index (χ1v) is 8.72. The zero-order chi connectivity index (χ0) is 18.1. The maximum Gasteiger partial charge on any atom is 0.224 e. The lowest BCUT2D eigenvalue weighted by molar-refractivity contribution is -0.120. The molecule has 0 saturated heterocycles. The highest BCUT2D eigenvalue weighted by atomic mass is 16.6. The van der Waals surface area contributed by atoms with Crippen molar-refractivity contribution in [2.24, 2.45) is 0 Å².